The molecule has 30 heavy (non-hydrogen) atoms. The van der Waals surface area contributed by atoms with E-state index in [-0.39, 0.29) is 11.3 Å². The minimum atomic E-state index is -0.798. The lowest BCUT2D eigenvalue weighted by atomic mass is 9.95. The molecule has 6 nitrogen and oxygen atoms in total. The number of hydrogen-bond donors (Lipinski definition) is 1. The van der Waals surface area contributed by atoms with Gasteiger partial charge in [0, 0.05) is 6.54 Å². The summed E-state index contributed by atoms with van der Waals surface area (Å²) in [7, 11) is 0. The number of halogens is 1. The van der Waals surface area contributed by atoms with Crippen molar-refractivity contribution < 1.29 is 23.5 Å². The first-order valence-corrected chi connectivity index (χ1v) is 10.2. The summed E-state index contributed by atoms with van der Waals surface area (Å²) in [4.78, 5) is 29.7. The lowest BCUT2D eigenvalue weighted by molar-refractivity contribution is -0.129. The SMILES string of the molecule is CCN(CC)CCCN1C(=O)C(O)=C(C(=O)c2ccc(C)o2)[C@H]1c1ccc(F)cc1. The Bertz CT molecular complexity index is 944. The number of rotatable bonds is 9. The van der Waals surface area contributed by atoms with Gasteiger partial charge in [-0.15, -0.1) is 0 Å². The predicted molar refractivity (Wildman–Crippen MR) is 111 cm³/mol. The Morgan fingerprint density at radius 2 is 1.83 bits per heavy atom. The summed E-state index contributed by atoms with van der Waals surface area (Å²) in [5.74, 6) is -1.54. The van der Waals surface area contributed by atoms with Gasteiger partial charge in [0.1, 0.15) is 11.6 Å². The van der Waals surface area contributed by atoms with E-state index in [4.69, 9.17) is 4.42 Å². The third-order valence-electron chi connectivity index (χ3n) is 5.47. The number of aryl methyl sites for hydroxylation is 1. The minimum absolute atomic E-state index is 0.0382. The summed E-state index contributed by atoms with van der Waals surface area (Å²) in [5.41, 5.74) is 0.520. The fourth-order valence-electron chi connectivity index (χ4n) is 3.80. The number of carbonyl (C=O) groups is 2. The molecule has 1 aromatic heterocycles. The van der Waals surface area contributed by atoms with Gasteiger partial charge in [-0.1, -0.05) is 26.0 Å². The molecule has 2 heterocycles. The molecule has 1 aliphatic rings. The van der Waals surface area contributed by atoms with Crippen molar-refractivity contribution in [1.29, 1.82) is 0 Å². The molecule has 160 valence electrons. The van der Waals surface area contributed by atoms with Crippen LogP contribution in [0, 0.1) is 12.7 Å². The Balaban J connectivity index is 1.94. The molecule has 0 saturated carbocycles. The van der Waals surface area contributed by atoms with Crippen LogP contribution >= 0.6 is 0 Å². The average Bonchev–Trinajstić information content (AvgIpc) is 3.28. The molecule has 0 radical (unpaired) electrons. The maximum Gasteiger partial charge on any atom is 0.290 e. The van der Waals surface area contributed by atoms with Gasteiger partial charge in [0.2, 0.25) is 5.78 Å². The van der Waals surface area contributed by atoms with E-state index in [9.17, 15) is 19.1 Å². The van der Waals surface area contributed by atoms with Crippen LogP contribution in [-0.2, 0) is 4.79 Å². The van der Waals surface area contributed by atoms with Crippen LogP contribution < -0.4 is 0 Å². The molecule has 0 spiro atoms. The molecular formula is C23H27FN2O4. The number of aliphatic hydroxyl groups excluding tert-OH is 1. The van der Waals surface area contributed by atoms with Crippen molar-refractivity contribution in [2.45, 2.75) is 33.2 Å². The van der Waals surface area contributed by atoms with Crippen molar-refractivity contribution >= 4 is 11.7 Å². The molecule has 7 heteroatoms. The third kappa shape index (κ3) is 4.31. The van der Waals surface area contributed by atoms with E-state index in [0.29, 0.717) is 24.3 Å². The number of nitrogens with zero attached hydrogens (tertiary/aromatic N) is 2. The molecule has 1 N–H and O–H groups in total. The van der Waals surface area contributed by atoms with Crippen LogP contribution in [0.4, 0.5) is 4.39 Å². The second kappa shape index (κ2) is 9.26. The maximum atomic E-state index is 13.5. The second-order valence-electron chi connectivity index (χ2n) is 7.33. The number of aliphatic hydroxyl groups is 1. The zero-order valence-corrected chi connectivity index (χ0v) is 17.5. The van der Waals surface area contributed by atoms with Gasteiger partial charge in [-0.3, -0.25) is 9.59 Å². The first-order valence-electron chi connectivity index (χ1n) is 10.2. The summed E-state index contributed by atoms with van der Waals surface area (Å²) in [6.45, 7) is 8.79. The maximum absolute atomic E-state index is 13.5. The van der Waals surface area contributed by atoms with E-state index in [1.807, 2.05) is 0 Å². The van der Waals surface area contributed by atoms with Gasteiger partial charge in [0.25, 0.3) is 5.91 Å². The molecule has 0 saturated heterocycles. The highest BCUT2D eigenvalue weighted by molar-refractivity contribution is 6.15. The summed E-state index contributed by atoms with van der Waals surface area (Å²) >= 11 is 0. The molecule has 1 amide bonds. The number of carbonyl (C=O) groups excluding carboxylic acids is 2. The van der Waals surface area contributed by atoms with Crippen LogP contribution in [0.25, 0.3) is 0 Å². The van der Waals surface area contributed by atoms with Gasteiger partial charge in [-0.2, -0.15) is 0 Å². The van der Waals surface area contributed by atoms with Gasteiger partial charge >= 0.3 is 0 Å². The lowest BCUT2D eigenvalue weighted by Gasteiger charge is -2.28. The number of ketones is 1. The van der Waals surface area contributed by atoms with Crippen LogP contribution in [0.1, 0.15) is 48.2 Å². The second-order valence-corrected chi connectivity index (χ2v) is 7.33. The zero-order valence-electron chi connectivity index (χ0n) is 17.5. The van der Waals surface area contributed by atoms with Gasteiger partial charge in [-0.25, -0.2) is 4.39 Å². The van der Waals surface area contributed by atoms with Gasteiger partial charge < -0.3 is 19.3 Å². The molecular weight excluding hydrogens is 387 g/mol. The van der Waals surface area contributed by atoms with Crippen molar-refractivity contribution in [2.75, 3.05) is 26.2 Å². The van der Waals surface area contributed by atoms with Gasteiger partial charge in [0.15, 0.2) is 11.5 Å². The van der Waals surface area contributed by atoms with Crippen LogP contribution in [0.15, 0.2) is 52.1 Å². The lowest BCUT2D eigenvalue weighted by Crippen LogP contribution is -2.34. The molecule has 0 aliphatic carbocycles. The highest BCUT2D eigenvalue weighted by atomic mass is 19.1. The van der Waals surface area contributed by atoms with Gasteiger partial charge in [0.05, 0.1) is 11.6 Å². The van der Waals surface area contributed by atoms with Crippen LogP contribution in [0.5, 0.6) is 0 Å². The first kappa shape index (κ1) is 21.8. The quantitative estimate of drug-likeness (QED) is 0.627. The van der Waals surface area contributed by atoms with Gasteiger partial charge in [-0.05, 0) is 62.8 Å². The molecule has 2 aromatic rings. The van der Waals surface area contributed by atoms with Crippen LogP contribution in [-0.4, -0.2) is 52.8 Å². The largest absolute Gasteiger partial charge is 0.503 e. The van der Waals surface area contributed by atoms with Crippen molar-refractivity contribution in [3.8, 4) is 0 Å². The number of furan rings is 1. The Labute approximate surface area is 175 Å². The summed E-state index contributed by atoms with van der Waals surface area (Å²) in [5, 5.41) is 10.6. The van der Waals surface area contributed by atoms with Crippen LogP contribution in [0.2, 0.25) is 0 Å². The fourth-order valence-corrected chi connectivity index (χ4v) is 3.80. The fraction of sp³-hybridized carbons (Fsp3) is 0.391. The molecule has 1 aromatic carbocycles. The number of hydrogen-bond acceptors (Lipinski definition) is 5. The summed E-state index contributed by atoms with van der Waals surface area (Å²) in [6.07, 6.45) is 0.680. The smallest absolute Gasteiger partial charge is 0.290 e. The monoisotopic (exact) mass is 414 g/mol. The average molecular weight is 414 g/mol. The molecule has 0 unspecified atom stereocenters. The highest BCUT2D eigenvalue weighted by Crippen LogP contribution is 2.39. The van der Waals surface area contributed by atoms with Crippen molar-refractivity contribution in [3.63, 3.8) is 0 Å². The van der Waals surface area contributed by atoms with E-state index >= 15 is 0 Å². The zero-order chi connectivity index (χ0) is 21.8. The molecule has 1 atom stereocenters. The van der Waals surface area contributed by atoms with E-state index < -0.39 is 29.3 Å². The standard InChI is InChI=1S/C23H27FN2O4/c1-4-25(5-2)13-6-14-26-20(16-8-10-17(24)11-9-16)19(22(28)23(26)29)21(27)18-12-7-15(3)30-18/h7-12,20,28H,4-6,13-14H2,1-3H3/t20-/m1/s1. The molecule has 0 bridgehead atoms. The Hall–Kier alpha value is -2.93. The summed E-state index contributed by atoms with van der Waals surface area (Å²) in [6, 6.07) is 8.00. The van der Waals surface area contributed by atoms with Crippen molar-refractivity contribution in [2.24, 2.45) is 0 Å². The van der Waals surface area contributed by atoms with Crippen LogP contribution in [0.3, 0.4) is 0 Å². The van der Waals surface area contributed by atoms with Crippen molar-refractivity contribution in [1.82, 2.24) is 9.80 Å². The van der Waals surface area contributed by atoms with Crippen molar-refractivity contribution in [3.05, 3.63) is 70.6 Å². The normalized spacial score (nSPS) is 16.8. The molecule has 0 fully saturated rings. The topological polar surface area (TPSA) is 74.0 Å². The first-order chi connectivity index (χ1) is 14.4. The minimum Gasteiger partial charge on any atom is -0.503 e. The number of Topliss-reactive ketones (excluding diaryl/α,β-unsaturated/α-hetero) is 1. The van der Waals surface area contributed by atoms with E-state index in [1.54, 1.807) is 13.0 Å². The number of amides is 1. The van der Waals surface area contributed by atoms with E-state index in [1.165, 1.54) is 35.2 Å². The molecule has 1 aliphatic heterocycles. The Kier molecular flexibility index (Phi) is 6.72. The van der Waals surface area contributed by atoms with E-state index in [0.717, 1.165) is 19.6 Å². The third-order valence-corrected chi connectivity index (χ3v) is 5.47. The predicted octanol–water partition coefficient (Wildman–Crippen LogP) is 4.04. The Morgan fingerprint density at radius 1 is 1.17 bits per heavy atom. The highest BCUT2D eigenvalue weighted by Gasteiger charge is 2.44. The molecule has 3 rings (SSSR count). The summed E-state index contributed by atoms with van der Waals surface area (Å²) < 4.78 is 18.9. The Morgan fingerprint density at radius 3 is 2.40 bits per heavy atom. The number of benzene rings is 1. The van der Waals surface area contributed by atoms with E-state index in [2.05, 4.69) is 18.7 Å².